The minimum atomic E-state index is -2.14. The highest BCUT2D eigenvalue weighted by atomic mass is 28.4. The summed E-state index contributed by atoms with van der Waals surface area (Å²) in [5.41, 5.74) is 2.92. The Morgan fingerprint density at radius 2 is 1.10 bits per heavy atom. The monoisotopic (exact) mass is 698 g/mol. The molecule has 50 heavy (non-hydrogen) atoms. The molecule has 4 aromatic rings. The van der Waals surface area contributed by atoms with Crippen LogP contribution in [0.1, 0.15) is 49.9 Å². The van der Waals surface area contributed by atoms with E-state index >= 15 is 0 Å². The maximum atomic E-state index is 12.9. The van der Waals surface area contributed by atoms with E-state index in [1.807, 2.05) is 66.7 Å². The first kappa shape index (κ1) is 38.8. The standard InChI is InChI=1S/C42H54O7Si/c1-8-50(9-2,10-3)49-41(34(28-43)31-47-30-33-16-22-38(44-5)23-17-33)32(4)29-48-42(35-14-12-11-13-15-35,36-18-24-39(45-6)25-19-36)37-20-26-40(46-7)27-21-37/h11-28,32,34,41H,8-10,29-31H2,1-7H3/t32-,34+,41-/m1/s1. The number of methoxy groups -OCH3 is 3. The summed E-state index contributed by atoms with van der Waals surface area (Å²) in [6.45, 7) is 9.71. The van der Waals surface area contributed by atoms with Crippen molar-refractivity contribution in [1.29, 1.82) is 0 Å². The van der Waals surface area contributed by atoms with Gasteiger partial charge in [-0.25, -0.2) is 0 Å². The van der Waals surface area contributed by atoms with E-state index in [1.165, 1.54) is 0 Å². The van der Waals surface area contributed by atoms with Crippen LogP contribution in [0.2, 0.25) is 18.1 Å². The van der Waals surface area contributed by atoms with Crippen molar-refractivity contribution in [2.45, 2.75) is 64.1 Å². The van der Waals surface area contributed by atoms with Crippen LogP contribution in [0.3, 0.4) is 0 Å². The van der Waals surface area contributed by atoms with E-state index in [0.717, 1.165) is 63.9 Å². The fourth-order valence-electron chi connectivity index (χ4n) is 6.59. The van der Waals surface area contributed by atoms with Crippen molar-refractivity contribution in [2.24, 2.45) is 11.8 Å². The number of ether oxygens (including phenoxy) is 5. The molecule has 8 heteroatoms. The highest BCUT2D eigenvalue weighted by Gasteiger charge is 2.41. The van der Waals surface area contributed by atoms with Gasteiger partial charge in [-0.1, -0.05) is 94.4 Å². The van der Waals surface area contributed by atoms with Gasteiger partial charge in [0.25, 0.3) is 0 Å². The zero-order chi connectivity index (χ0) is 36.0. The third-order valence-electron chi connectivity index (χ3n) is 9.95. The van der Waals surface area contributed by atoms with Crippen LogP contribution in [0.5, 0.6) is 17.2 Å². The summed E-state index contributed by atoms with van der Waals surface area (Å²) in [7, 11) is 2.84. The summed E-state index contributed by atoms with van der Waals surface area (Å²) < 4.78 is 37.0. The first-order chi connectivity index (χ1) is 24.3. The second-order valence-corrected chi connectivity index (χ2v) is 17.5. The molecule has 0 saturated carbocycles. The highest BCUT2D eigenvalue weighted by molar-refractivity contribution is 6.73. The van der Waals surface area contributed by atoms with Gasteiger partial charge < -0.3 is 32.9 Å². The molecule has 0 aliphatic heterocycles. The lowest BCUT2D eigenvalue weighted by atomic mass is 9.79. The van der Waals surface area contributed by atoms with Crippen LogP contribution in [-0.2, 0) is 30.9 Å². The number of aldehydes is 1. The molecule has 0 aliphatic carbocycles. The molecule has 0 amide bonds. The van der Waals surface area contributed by atoms with E-state index in [1.54, 1.807) is 21.3 Å². The maximum absolute atomic E-state index is 12.9. The van der Waals surface area contributed by atoms with Gasteiger partial charge in [-0.3, -0.25) is 0 Å². The molecule has 0 bridgehead atoms. The van der Waals surface area contributed by atoms with Crippen molar-refractivity contribution >= 4 is 14.6 Å². The maximum Gasteiger partial charge on any atom is 0.192 e. The molecule has 0 radical (unpaired) electrons. The second kappa shape index (κ2) is 18.9. The lowest BCUT2D eigenvalue weighted by Crippen LogP contribution is -2.48. The van der Waals surface area contributed by atoms with Crippen LogP contribution in [0.15, 0.2) is 103 Å². The highest BCUT2D eigenvalue weighted by Crippen LogP contribution is 2.42. The molecule has 0 N–H and O–H groups in total. The van der Waals surface area contributed by atoms with Crippen LogP contribution in [0.25, 0.3) is 0 Å². The Morgan fingerprint density at radius 3 is 1.54 bits per heavy atom. The molecular formula is C42H54O7Si. The quantitative estimate of drug-likeness (QED) is 0.0489. The Balaban J connectivity index is 1.71. The molecule has 0 unspecified atom stereocenters. The van der Waals surface area contributed by atoms with Gasteiger partial charge in [0.1, 0.15) is 29.1 Å². The summed E-state index contributed by atoms with van der Waals surface area (Å²) in [4.78, 5) is 12.9. The molecule has 0 aromatic heterocycles. The Labute approximate surface area is 300 Å². The minimum absolute atomic E-state index is 0.147. The van der Waals surface area contributed by atoms with Crippen molar-refractivity contribution in [2.75, 3.05) is 34.5 Å². The van der Waals surface area contributed by atoms with Crippen molar-refractivity contribution in [1.82, 2.24) is 0 Å². The predicted molar refractivity (Wildman–Crippen MR) is 202 cm³/mol. The summed E-state index contributed by atoms with van der Waals surface area (Å²) >= 11 is 0. The van der Waals surface area contributed by atoms with Gasteiger partial charge in [-0.2, -0.15) is 0 Å². The Morgan fingerprint density at radius 1 is 0.640 bits per heavy atom. The van der Waals surface area contributed by atoms with Crippen molar-refractivity contribution in [3.63, 3.8) is 0 Å². The molecule has 0 spiro atoms. The molecule has 0 aliphatic rings. The number of carbonyl (C=O) groups is 1. The second-order valence-electron chi connectivity index (χ2n) is 12.8. The molecule has 0 saturated heterocycles. The topological polar surface area (TPSA) is 72.5 Å². The van der Waals surface area contributed by atoms with Gasteiger partial charge in [0.2, 0.25) is 0 Å². The average Bonchev–Trinajstić information content (AvgIpc) is 3.19. The zero-order valence-corrected chi connectivity index (χ0v) is 31.7. The fourth-order valence-corrected chi connectivity index (χ4v) is 9.57. The minimum Gasteiger partial charge on any atom is -0.497 e. The number of carbonyl (C=O) groups excluding carboxylic acids is 1. The van der Waals surface area contributed by atoms with Gasteiger partial charge >= 0.3 is 0 Å². The smallest absolute Gasteiger partial charge is 0.192 e. The number of hydrogen-bond acceptors (Lipinski definition) is 7. The molecular weight excluding hydrogens is 645 g/mol. The molecule has 7 nitrogen and oxygen atoms in total. The SMILES string of the molecule is CC[Si](CC)(CC)O[C@H]([C@H](C)COC(c1ccccc1)(c1ccc(OC)cc1)c1ccc(OC)cc1)[C@@H](C=O)COCc1ccc(OC)cc1. The van der Waals surface area contributed by atoms with E-state index in [-0.39, 0.29) is 12.5 Å². The van der Waals surface area contributed by atoms with E-state index in [2.05, 4.69) is 64.1 Å². The summed E-state index contributed by atoms with van der Waals surface area (Å²) in [6.07, 6.45) is 0.613. The van der Waals surface area contributed by atoms with Crippen LogP contribution >= 0.6 is 0 Å². The molecule has 3 atom stereocenters. The number of rotatable bonds is 21. The third-order valence-corrected chi connectivity index (χ3v) is 14.6. The van der Waals surface area contributed by atoms with Crippen molar-refractivity contribution < 1.29 is 32.9 Å². The predicted octanol–water partition coefficient (Wildman–Crippen LogP) is 9.08. The van der Waals surface area contributed by atoms with Crippen LogP contribution in [-0.4, -0.2) is 55.3 Å². The van der Waals surface area contributed by atoms with E-state index < -0.39 is 25.9 Å². The largest absolute Gasteiger partial charge is 0.497 e. The van der Waals surface area contributed by atoms with Gasteiger partial charge in [-0.05, 0) is 76.8 Å². The molecule has 0 fully saturated rings. The average molecular weight is 699 g/mol. The summed E-state index contributed by atoms with van der Waals surface area (Å²) in [5.74, 6) is 1.69. The summed E-state index contributed by atoms with van der Waals surface area (Å²) in [6, 6.07) is 37.0. The number of benzene rings is 4. The van der Waals surface area contributed by atoms with E-state index in [9.17, 15) is 4.79 Å². The van der Waals surface area contributed by atoms with Crippen molar-refractivity contribution in [3.8, 4) is 17.2 Å². The van der Waals surface area contributed by atoms with E-state index in [4.69, 9.17) is 28.1 Å². The Bertz CT molecular complexity index is 1500. The third kappa shape index (κ3) is 9.23. The lowest BCUT2D eigenvalue weighted by Gasteiger charge is -2.41. The van der Waals surface area contributed by atoms with Gasteiger partial charge in [0.05, 0.1) is 53.2 Å². The first-order valence-corrected chi connectivity index (χ1v) is 20.2. The van der Waals surface area contributed by atoms with Crippen LogP contribution < -0.4 is 14.2 Å². The Kier molecular flexibility index (Phi) is 14.7. The molecule has 268 valence electrons. The van der Waals surface area contributed by atoms with Gasteiger partial charge in [0, 0.05) is 5.92 Å². The van der Waals surface area contributed by atoms with Gasteiger partial charge in [-0.15, -0.1) is 0 Å². The molecule has 4 aromatic carbocycles. The Hall–Kier alpha value is -3.95. The normalized spacial score (nSPS) is 13.7. The van der Waals surface area contributed by atoms with Gasteiger partial charge in [0.15, 0.2) is 8.32 Å². The zero-order valence-electron chi connectivity index (χ0n) is 30.7. The molecule has 0 heterocycles. The van der Waals surface area contributed by atoms with E-state index in [0.29, 0.717) is 13.2 Å². The van der Waals surface area contributed by atoms with Crippen LogP contribution in [0.4, 0.5) is 0 Å². The fraction of sp³-hybridized carbons (Fsp3) is 0.405. The lowest BCUT2D eigenvalue weighted by molar-refractivity contribution is -0.120. The van der Waals surface area contributed by atoms with Crippen LogP contribution in [0, 0.1) is 11.8 Å². The summed E-state index contributed by atoms with van der Waals surface area (Å²) in [5, 5.41) is 0. The number of hydrogen-bond donors (Lipinski definition) is 0. The molecule has 4 rings (SSSR count). The first-order valence-electron chi connectivity index (χ1n) is 17.6. The van der Waals surface area contributed by atoms with Crippen molar-refractivity contribution in [3.05, 3.63) is 125 Å².